The maximum atomic E-state index is 12.9. The molecule has 0 aliphatic carbocycles. The highest BCUT2D eigenvalue weighted by atomic mass is 16.5. The highest BCUT2D eigenvalue weighted by molar-refractivity contribution is 5.94. The monoisotopic (exact) mass is 420 g/mol. The van der Waals surface area contributed by atoms with Crippen molar-refractivity contribution in [2.45, 2.75) is 64.5 Å². The predicted molar refractivity (Wildman–Crippen MR) is 126 cm³/mol. The van der Waals surface area contributed by atoms with E-state index in [1.54, 1.807) is 0 Å². The number of benzene rings is 2. The molecule has 2 heterocycles. The Morgan fingerprint density at radius 3 is 2.45 bits per heavy atom. The van der Waals surface area contributed by atoms with Crippen LogP contribution in [0.15, 0.2) is 48.5 Å². The number of likely N-dealkylation sites (tertiary alicyclic amines) is 2. The minimum atomic E-state index is 0.196. The Morgan fingerprint density at radius 1 is 0.968 bits per heavy atom. The summed E-state index contributed by atoms with van der Waals surface area (Å²) in [5.41, 5.74) is 3.43. The number of nitrogens with zero attached hydrogens (tertiary/aromatic N) is 2. The maximum absolute atomic E-state index is 12.9. The number of hydrogen-bond donors (Lipinski definition) is 0. The molecule has 0 saturated carbocycles. The first-order valence-electron chi connectivity index (χ1n) is 12.0. The molecule has 2 aromatic rings. The van der Waals surface area contributed by atoms with Crippen LogP contribution in [0.1, 0.15) is 73.4 Å². The normalized spacial score (nSPS) is 18.4. The number of para-hydroxylation sites is 1. The summed E-state index contributed by atoms with van der Waals surface area (Å²) in [4.78, 5) is 17.4. The van der Waals surface area contributed by atoms with Crippen molar-refractivity contribution in [1.82, 2.24) is 9.80 Å². The Labute approximate surface area is 187 Å². The van der Waals surface area contributed by atoms with E-state index in [1.807, 2.05) is 17.0 Å². The molecular weight excluding hydrogens is 384 g/mol. The zero-order chi connectivity index (χ0) is 21.6. The van der Waals surface area contributed by atoms with Crippen molar-refractivity contribution < 1.29 is 9.53 Å². The van der Waals surface area contributed by atoms with Crippen molar-refractivity contribution in [1.29, 1.82) is 0 Å². The number of hydrogen-bond acceptors (Lipinski definition) is 3. The van der Waals surface area contributed by atoms with Crippen LogP contribution in [0.5, 0.6) is 5.75 Å². The van der Waals surface area contributed by atoms with E-state index in [1.165, 1.54) is 17.5 Å². The number of piperidine rings is 2. The average molecular weight is 421 g/mol. The summed E-state index contributed by atoms with van der Waals surface area (Å²) in [5, 5.41) is 0. The van der Waals surface area contributed by atoms with Crippen molar-refractivity contribution in [3.8, 4) is 5.75 Å². The molecule has 1 amide bonds. The fourth-order valence-electron chi connectivity index (χ4n) is 4.92. The Balaban J connectivity index is 1.35. The molecule has 0 radical (unpaired) electrons. The number of amides is 1. The third-order valence-corrected chi connectivity index (χ3v) is 6.53. The fraction of sp³-hybridized carbons (Fsp3) is 0.519. The van der Waals surface area contributed by atoms with Gasteiger partial charge in [-0.25, -0.2) is 0 Å². The second-order valence-corrected chi connectivity index (χ2v) is 9.31. The molecule has 0 spiro atoms. The molecule has 2 aromatic carbocycles. The zero-order valence-electron chi connectivity index (χ0n) is 19.1. The lowest BCUT2D eigenvalue weighted by Gasteiger charge is -2.33. The SMILES string of the molecule is CC(C)Oc1ccccc1C1CCN(Cc2cccc(C(=O)N3CCCCC3)c2)CC1. The van der Waals surface area contributed by atoms with Crippen LogP contribution in [0.25, 0.3) is 0 Å². The highest BCUT2D eigenvalue weighted by Gasteiger charge is 2.24. The largest absolute Gasteiger partial charge is 0.491 e. The minimum absolute atomic E-state index is 0.196. The predicted octanol–water partition coefficient (Wildman–Crippen LogP) is 5.48. The minimum Gasteiger partial charge on any atom is -0.491 e. The summed E-state index contributed by atoms with van der Waals surface area (Å²) >= 11 is 0. The van der Waals surface area contributed by atoms with Crippen LogP contribution in [-0.4, -0.2) is 48.0 Å². The van der Waals surface area contributed by atoms with Gasteiger partial charge in [-0.1, -0.05) is 30.3 Å². The van der Waals surface area contributed by atoms with Crippen LogP contribution in [0.3, 0.4) is 0 Å². The van der Waals surface area contributed by atoms with E-state index in [0.717, 1.165) is 69.7 Å². The molecule has 0 N–H and O–H groups in total. The highest BCUT2D eigenvalue weighted by Crippen LogP contribution is 2.35. The van der Waals surface area contributed by atoms with Crippen LogP contribution < -0.4 is 4.74 Å². The van der Waals surface area contributed by atoms with E-state index >= 15 is 0 Å². The standard InChI is InChI=1S/C27H36N2O2/c1-21(2)31-26-12-5-4-11-25(26)23-13-17-28(18-14-23)20-22-9-8-10-24(19-22)27(30)29-15-6-3-7-16-29/h4-5,8-12,19,21,23H,3,6-7,13-18,20H2,1-2H3. The molecule has 0 bridgehead atoms. The van der Waals surface area contributed by atoms with Gasteiger partial charge in [-0.3, -0.25) is 9.69 Å². The lowest BCUT2D eigenvalue weighted by atomic mass is 9.88. The first kappa shape index (κ1) is 21.9. The lowest BCUT2D eigenvalue weighted by Crippen LogP contribution is -2.35. The van der Waals surface area contributed by atoms with Gasteiger partial charge in [0, 0.05) is 25.2 Å². The topological polar surface area (TPSA) is 32.8 Å². The van der Waals surface area contributed by atoms with Crippen molar-refractivity contribution >= 4 is 5.91 Å². The van der Waals surface area contributed by atoms with E-state index in [-0.39, 0.29) is 12.0 Å². The quantitative estimate of drug-likeness (QED) is 0.620. The summed E-state index contributed by atoms with van der Waals surface area (Å²) in [6, 6.07) is 16.8. The van der Waals surface area contributed by atoms with Gasteiger partial charge in [0.05, 0.1) is 6.10 Å². The van der Waals surface area contributed by atoms with Crippen LogP contribution in [0.4, 0.5) is 0 Å². The molecule has 31 heavy (non-hydrogen) atoms. The third-order valence-electron chi connectivity index (χ3n) is 6.53. The number of rotatable bonds is 6. The molecule has 4 rings (SSSR count). The van der Waals surface area contributed by atoms with E-state index in [0.29, 0.717) is 5.92 Å². The second-order valence-electron chi connectivity index (χ2n) is 9.31. The summed E-state index contributed by atoms with van der Waals surface area (Å²) < 4.78 is 6.06. The van der Waals surface area contributed by atoms with Gasteiger partial charge in [-0.05, 0) is 94.3 Å². The molecule has 2 saturated heterocycles. The summed E-state index contributed by atoms with van der Waals surface area (Å²) in [5.74, 6) is 1.79. The van der Waals surface area contributed by atoms with Crippen molar-refractivity contribution in [3.05, 3.63) is 65.2 Å². The number of ether oxygens (including phenoxy) is 1. The first-order chi connectivity index (χ1) is 15.1. The van der Waals surface area contributed by atoms with Gasteiger partial charge in [0.15, 0.2) is 0 Å². The van der Waals surface area contributed by atoms with Gasteiger partial charge in [-0.2, -0.15) is 0 Å². The first-order valence-corrected chi connectivity index (χ1v) is 12.0. The number of carbonyl (C=O) groups excluding carboxylic acids is 1. The number of carbonyl (C=O) groups is 1. The van der Waals surface area contributed by atoms with Gasteiger partial charge in [0.1, 0.15) is 5.75 Å². The summed E-state index contributed by atoms with van der Waals surface area (Å²) in [6.45, 7) is 9.04. The molecule has 0 unspecified atom stereocenters. The van der Waals surface area contributed by atoms with Crippen molar-refractivity contribution in [2.75, 3.05) is 26.2 Å². The molecule has 0 aromatic heterocycles. The van der Waals surface area contributed by atoms with E-state index in [9.17, 15) is 4.79 Å². The summed E-state index contributed by atoms with van der Waals surface area (Å²) in [6.07, 6.45) is 5.99. The fourth-order valence-corrected chi connectivity index (χ4v) is 4.92. The smallest absolute Gasteiger partial charge is 0.253 e. The Morgan fingerprint density at radius 2 is 1.71 bits per heavy atom. The molecule has 4 heteroatoms. The van der Waals surface area contributed by atoms with Crippen molar-refractivity contribution in [3.63, 3.8) is 0 Å². The molecule has 2 aliphatic rings. The maximum Gasteiger partial charge on any atom is 0.253 e. The van der Waals surface area contributed by atoms with Gasteiger partial charge in [0.2, 0.25) is 0 Å². The van der Waals surface area contributed by atoms with Crippen LogP contribution in [-0.2, 0) is 6.54 Å². The van der Waals surface area contributed by atoms with Gasteiger partial charge in [-0.15, -0.1) is 0 Å². The average Bonchev–Trinajstić information content (AvgIpc) is 2.80. The second kappa shape index (κ2) is 10.3. The van der Waals surface area contributed by atoms with Gasteiger partial charge >= 0.3 is 0 Å². The molecule has 0 atom stereocenters. The van der Waals surface area contributed by atoms with Gasteiger partial charge < -0.3 is 9.64 Å². The molecule has 166 valence electrons. The van der Waals surface area contributed by atoms with Crippen molar-refractivity contribution in [2.24, 2.45) is 0 Å². The van der Waals surface area contributed by atoms with Crippen LogP contribution in [0.2, 0.25) is 0 Å². The van der Waals surface area contributed by atoms with E-state index in [4.69, 9.17) is 4.74 Å². The Kier molecular flexibility index (Phi) is 7.29. The molecular formula is C27H36N2O2. The lowest BCUT2D eigenvalue weighted by molar-refractivity contribution is 0.0724. The van der Waals surface area contributed by atoms with E-state index in [2.05, 4.69) is 55.1 Å². The van der Waals surface area contributed by atoms with Crippen LogP contribution >= 0.6 is 0 Å². The summed E-state index contributed by atoms with van der Waals surface area (Å²) in [7, 11) is 0. The zero-order valence-corrected chi connectivity index (χ0v) is 19.1. The molecule has 2 aliphatic heterocycles. The Hall–Kier alpha value is -2.33. The van der Waals surface area contributed by atoms with Gasteiger partial charge in [0.25, 0.3) is 5.91 Å². The Bertz CT molecular complexity index is 865. The van der Waals surface area contributed by atoms with E-state index < -0.39 is 0 Å². The van der Waals surface area contributed by atoms with Crippen LogP contribution in [0, 0.1) is 0 Å². The molecule has 2 fully saturated rings. The third kappa shape index (κ3) is 5.68. The molecule has 4 nitrogen and oxygen atoms in total.